The SMILES string of the molecule is CN1CCN([C@H](CNC(=O)C(=O)Nc2cccc(C(F)(F)F)c2)c2ccsc2)CC1. The van der Waals surface area contributed by atoms with E-state index in [1.165, 1.54) is 12.1 Å². The molecule has 1 aliphatic rings. The van der Waals surface area contributed by atoms with Gasteiger partial charge in [0.25, 0.3) is 0 Å². The van der Waals surface area contributed by atoms with Gasteiger partial charge in [-0.2, -0.15) is 24.5 Å². The molecule has 30 heavy (non-hydrogen) atoms. The Bertz CT molecular complexity index is 865. The molecule has 2 amide bonds. The van der Waals surface area contributed by atoms with E-state index in [-0.39, 0.29) is 18.3 Å². The lowest BCUT2D eigenvalue weighted by molar-refractivity contribution is -0.137. The summed E-state index contributed by atoms with van der Waals surface area (Å²) in [4.78, 5) is 28.9. The molecule has 1 aromatic heterocycles. The van der Waals surface area contributed by atoms with Gasteiger partial charge in [-0.05, 0) is 47.6 Å². The van der Waals surface area contributed by atoms with Crippen LogP contribution in [0.15, 0.2) is 41.1 Å². The van der Waals surface area contributed by atoms with E-state index in [4.69, 9.17) is 0 Å². The summed E-state index contributed by atoms with van der Waals surface area (Å²) in [6.45, 7) is 3.72. The zero-order chi connectivity index (χ0) is 21.7. The largest absolute Gasteiger partial charge is 0.416 e. The molecule has 2 heterocycles. The highest BCUT2D eigenvalue weighted by Crippen LogP contribution is 2.30. The van der Waals surface area contributed by atoms with Gasteiger partial charge in [-0.25, -0.2) is 0 Å². The van der Waals surface area contributed by atoms with Crippen LogP contribution in [0.25, 0.3) is 0 Å². The molecule has 10 heteroatoms. The fraction of sp³-hybridized carbons (Fsp3) is 0.400. The third kappa shape index (κ3) is 5.80. The molecule has 3 rings (SSSR count). The lowest BCUT2D eigenvalue weighted by atomic mass is 10.1. The van der Waals surface area contributed by atoms with Crippen LogP contribution in [0, 0.1) is 0 Å². The Morgan fingerprint density at radius 3 is 2.50 bits per heavy atom. The fourth-order valence-electron chi connectivity index (χ4n) is 3.29. The van der Waals surface area contributed by atoms with Crippen molar-refractivity contribution in [3.05, 3.63) is 52.2 Å². The van der Waals surface area contributed by atoms with E-state index in [2.05, 4.69) is 27.5 Å². The second-order valence-corrected chi connectivity index (χ2v) is 7.93. The first-order chi connectivity index (χ1) is 14.2. The number of nitrogens with one attached hydrogen (secondary N) is 2. The van der Waals surface area contributed by atoms with Crippen LogP contribution < -0.4 is 10.6 Å². The van der Waals surface area contributed by atoms with E-state index < -0.39 is 23.6 Å². The third-order valence-corrected chi connectivity index (χ3v) is 5.72. The number of thiophene rings is 1. The standard InChI is InChI=1S/C20H23F3N4O2S/c1-26-6-8-27(9-7-26)17(14-5-10-30-13-14)12-24-18(28)19(29)25-16-4-2-3-15(11-16)20(21,22)23/h2-5,10-11,13,17H,6-9,12H2,1H3,(H,24,28)(H,25,29)/t17-/m1/s1. The van der Waals surface area contributed by atoms with Gasteiger partial charge in [0.2, 0.25) is 0 Å². The summed E-state index contributed by atoms with van der Waals surface area (Å²) in [6.07, 6.45) is -4.53. The summed E-state index contributed by atoms with van der Waals surface area (Å²) < 4.78 is 38.4. The van der Waals surface area contributed by atoms with Crippen LogP contribution in [0.5, 0.6) is 0 Å². The van der Waals surface area contributed by atoms with Gasteiger partial charge < -0.3 is 15.5 Å². The van der Waals surface area contributed by atoms with Crippen LogP contribution in [-0.4, -0.2) is 61.4 Å². The molecule has 0 aliphatic carbocycles. The summed E-state index contributed by atoms with van der Waals surface area (Å²) >= 11 is 1.56. The molecule has 2 aromatic rings. The number of hydrogen-bond acceptors (Lipinski definition) is 5. The van der Waals surface area contributed by atoms with Crippen LogP contribution in [0.1, 0.15) is 17.2 Å². The number of piperazine rings is 1. The van der Waals surface area contributed by atoms with Gasteiger partial charge >= 0.3 is 18.0 Å². The van der Waals surface area contributed by atoms with E-state index in [1.54, 1.807) is 11.3 Å². The van der Waals surface area contributed by atoms with E-state index >= 15 is 0 Å². The average molecular weight is 440 g/mol. The zero-order valence-electron chi connectivity index (χ0n) is 16.4. The topological polar surface area (TPSA) is 64.7 Å². The van der Waals surface area contributed by atoms with Gasteiger partial charge in [0.15, 0.2) is 0 Å². The average Bonchev–Trinajstić information content (AvgIpc) is 3.23. The van der Waals surface area contributed by atoms with E-state index in [9.17, 15) is 22.8 Å². The maximum absolute atomic E-state index is 12.8. The maximum Gasteiger partial charge on any atom is 0.416 e. The number of amides is 2. The number of alkyl halides is 3. The van der Waals surface area contributed by atoms with Gasteiger partial charge in [0.05, 0.1) is 11.6 Å². The van der Waals surface area contributed by atoms with Gasteiger partial charge in [0, 0.05) is 38.4 Å². The maximum atomic E-state index is 12.8. The van der Waals surface area contributed by atoms with Crippen molar-refractivity contribution in [2.45, 2.75) is 12.2 Å². The summed E-state index contributed by atoms with van der Waals surface area (Å²) in [7, 11) is 2.05. The first kappa shape index (κ1) is 22.3. The molecule has 1 saturated heterocycles. The number of anilines is 1. The van der Waals surface area contributed by atoms with E-state index in [0.29, 0.717) is 0 Å². The number of carbonyl (C=O) groups excluding carboxylic acids is 2. The van der Waals surface area contributed by atoms with Crippen molar-refractivity contribution >= 4 is 28.8 Å². The highest BCUT2D eigenvalue weighted by molar-refractivity contribution is 7.08. The van der Waals surface area contributed by atoms with Crippen molar-refractivity contribution < 1.29 is 22.8 Å². The smallest absolute Gasteiger partial charge is 0.346 e. The van der Waals surface area contributed by atoms with Crippen LogP contribution in [0.4, 0.5) is 18.9 Å². The Hall–Kier alpha value is -2.43. The van der Waals surface area contributed by atoms with Gasteiger partial charge in [-0.1, -0.05) is 6.07 Å². The Kier molecular flexibility index (Phi) is 7.11. The van der Waals surface area contributed by atoms with Crippen molar-refractivity contribution in [3.63, 3.8) is 0 Å². The zero-order valence-corrected chi connectivity index (χ0v) is 17.2. The van der Waals surface area contributed by atoms with Gasteiger partial charge in [-0.3, -0.25) is 14.5 Å². The minimum atomic E-state index is -4.53. The summed E-state index contributed by atoms with van der Waals surface area (Å²) in [5, 5.41) is 8.82. The van der Waals surface area contributed by atoms with Crippen molar-refractivity contribution in [1.29, 1.82) is 0 Å². The summed E-state index contributed by atoms with van der Waals surface area (Å²) in [5.74, 6) is -1.89. The monoisotopic (exact) mass is 440 g/mol. The number of carbonyl (C=O) groups is 2. The lowest BCUT2D eigenvalue weighted by Gasteiger charge is -2.37. The summed E-state index contributed by atoms with van der Waals surface area (Å²) in [6, 6.07) is 6.09. The number of likely N-dealkylation sites (N-methyl/N-ethyl adjacent to an activating group) is 1. The van der Waals surface area contributed by atoms with Crippen LogP contribution in [0.2, 0.25) is 0 Å². The predicted octanol–water partition coefficient (Wildman–Crippen LogP) is 2.81. The van der Waals surface area contributed by atoms with Crippen LogP contribution in [0.3, 0.4) is 0 Å². The molecular weight excluding hydrogens is 417 g/mol. The molecule has 0 saturated carbocycles. The van der Waals surface area contributed by atoms with Crippen molar-refractivity contribution in [1.82, 2.24) is 15.1 Å². The number of benzene rings is 1. The number of halogens is 3. The molecular formula is C20H23F3N4O2S. The minimum absolute atomic E-state index is 0.0738. The molecule has 1 aliphatic heterocycles. The van der Waals surface area contributed by atoms with Crippen LogP contribution >= 0.6 is 11.3 Å². The van der Waals surface area contributed by atoms with Crippen LogP contribution in [-0.2, 0) is 15.8 Å². The molecule has 0 radical (unpaired) electrons. The Labute approximate surface area is 176 Å². The number of rotatable bonds is 5. The second kappa shape index (κ2) is 9.59. The third-order valence-electron chi connectivity index (χ3n) is 5.02. The summed E-state index contributed by atoms with van der Waals surface area (Å²) in [5.41, 5.74) is 0.0786. The molecule has 0 spiro atoms. The predicted molar refractivity (Wildman–Crippen MR) is 109 cm³/mol. The van der Waals surface area contributed by atoms with E-state index in [1.807, 2.05) is 16.8 Å². The molecule has 0 bridgehead atoms. The van der Waals surface area contributed by atoms with Gasteiger partial charge in [-0.15, -0.1) is 0 Å². The lowest BCUT2D eigenvalue weighted by Crippen LogP contribution is -2.49. The first-order valence-electron chi connectivity index (χ1n) is 9.45. The molecule has 1 aromatic carbocycles. The molecule has 162 valence electrons. The van der Waals surface area contributed by atoms with Crippen molar-refractivity contribution in [2.75, 3.05) is 45.1 Å². The Morgan fingerprint density at radius 1 is 1.13 bits per heavy atom. The van der Waals surface area contributed by atoms with Gasteiger partial charge in [0.1, 0.15) is 0 Å². The van der Waals surface area contributed by atoms with Crippen molar-refractivity contribution in [3.8, 4) is 0 Å². The quantitative estimate of drug-likeness (QED) is 0.702. The molecule has 1 atom stereocenters. The molecule has 0 unspecified atom stereocenters. The minimum Gasteiger partial charge on any atom is -0.346 e. The van der Waals surface area contributed by atoms with E-state index in [0.717, 1.165) is 43.9 Å². The highest BCUT2D eigenvalue weighted by Gasteiger charge is 2.31. The first-order valence-corrected chi connectivity index (χ1v) is 10.4. The number of nitrogens with zero attached hydrogens (tertiary/aromatic N) is 2. The molecule has 6 nitrogen and oxygen atoms in total. The highest BCUT2D eigenvalue weighted by atomic mass is 32.1. The molecule has 1 fully saturated rings. The molecule has 2 N–H and O–H groups in total. The van der Waals surface area contributed by atoms with Crippen molar-refractivity contribution in [2.24, 2.45) is 0 Å². The number of hydrogen-bond donors (Lipinski definition) is 2. The normalized spacial score (nSPS) is 16.8. The fourth-order valence-corrected chi connectivity index (χ4v) is 3.99. The Morgan fingerprint density at radius 2 is 1.87 bits per heavy atom. The Balaban J connectivity index is 1.60. The second-order valence-electron chi connectivity index (χ2n) is 7.15.